The third-order valence-electron chi connectivity index (χ3n) is 4.42. The van der Waals surface area contributed by atoms with Gasteiger partial charge in [-0.3, -0.25) is 4.99 Å². The van der Waals surface area contributed by atoms with Gasteiger partial charge in [0, 0.05) is 57.9 Å². The van der Waals surface area contributed by atoms with Crippen molar-refractivity contribution < 1.29 is 13.2 Å². The SMILES string of the molecule is CN=C(NCCn1ccnc1)NC1CCN(c2ncc(C(F)(F)F)cc2Cl)C1. The van der Waals surface area contributed by atoms with Gasteiger partial charge in [-0.25, -0.2) is 9.97 Å². The Morgan fingerprint density at radius 1 is 1.43 bits per heavy atom. The molecule has 1 atom stereocenters. The monoisotopic (exact) mass is 415 g/mol. The van der Waals surface area contributed by atoms with Crippen LogP contribution >= 0.6 is 11.6 Å². The Morgan fingerprint density at radius 2 is 2.25 bits per heavy atom. The molecule has 2 N–H and O–H groups in total. The van der Waals surface area contributed by atoms with Crippen molar-refractivity contribution in [2.75, 3.05) is 31.6 Å². The van der Waals surface area contributed by atoms with Crippen molar-refractivity contribution in [3.63, 3.8) is 0 Å². The van der Waals surface area contributed by atoms with Crippen LogP contribution in [0.4, 0.5) is 19.0 Å². The summed E-state index contributed by atoms with van der Waals surface area (Å²) in [6, 6.07) is 1.00. The number of hydrogen-bond acceptors (Lipinski definition) is 4. The Kier molecular flexibility index (Phi) is 6.28. The molecule has 1 saturated heterocycles. The summed E-state index contributed by atoms with van der Waals surface area (Å²) in [4.78, 5) is 14.0. The molecule has 152 valence electrons. The molecule has 7 nitrogen and oxygen atoms in total. The maximum atomic E-state index is 12.8. The van der Waals surface area contributed by atoms with Gasteiger partial charge in [0.2, 0.25) is 0 Å². The molecule has 0 aliphatic carbocycles. The van der Waals surface area contributed by atoms with E-state index in [-0.39, 0.29) is 11.1 Å². The van der Waals surface area contributed by atoms with E-state index in [0.29, 0.717) is 31.4 Å². The fourth-order valence-electron chi connectivity index (χ4n) is 3.00. The van der Waals surface area contributed by atoms with Crippen LogP contribution in [0.1, 0.15) is 12.0 Å². The molecule has 0 amide bonds. The fraction of sp³-hybridized carbons (Fsp3) is 0.471. The minimum absolute atomic E-state index is 0.00156. The summed E-state index contributed by atoms with van der Waals surface area (Å²) in [6.45, 7) is 2.64. The van der Waals surface area contributed by atoms with Crippen LogP contribution in [0.5, 0.6) is 0 Å². The number of aliphatic imine (C=N–C) groups is 1. The Bertz CT molecular complexity index is 808. The van der Waals surface area contributed by atoms with E-state index in [4.69, 9.17) is 11.6 Å². The number of hydrogen-bond donors (Lipinski definition) is 2. The van der Waals surface area contributed by atoms with E-state index in [0.717, 1.165) is 25.2 Å². The average molecular weight is 416 g/mol. The molecule has 1 aliphatic heterocycles. The molecule has 2 aromatic rings. The standard InChI is InChI=1S/C17H21ClF3N7/c1-22-16(24-4-7-27-6-3-23-11-27)26-13-2-5-28(10-13)15-14(18)8-12(9-25-15)17(19,20)21/h3,6,8-9,11,13H,2,4-5,7,10H2,1H3,(H2,22,24,26). The van der Waals surface area contributed by atoms with Crippen LogP contribution < -0.4 is 15.5 Å². The lowest BCUT2D eigenvalue weighted by Gasteiger charge is -2.21. The van der Waals surface area contributed by atoms with E-state index in [1.54, 1.807) is 19.6 Å². The van der Waals surface area contributed by atoms with E-state index in [1.807, 2.05) is 15.7 Å². The van der Waals surface area contributed by atoms with Crippen molar-refractivity contribution in [1.29, 1.82) is 0 Å². The van der Waals surface area contributed by atoms with Crippen LogP contribution in [0.25, 0.3) is 0 Å². The maximum Gasteiger partial charge on any atom is 0.417 e. The van der Waals surface area contributed by atoms with Gasteiger partial charge in [0.15, 0.2) is 5.96 Å². The van der Waals surface area contributed by atoms with Crippen molar-refractivity contribution in [1.82, 2.24) is 25.2 Å². The zero-order valence-electron chi connectivity index (χ0n) is 15.2. The first kappa shape index (κ1) is 20.2. The van der Waals surface area contributed by atoms with E-state index >= 15 is 0 Å². The number of pyridine rings is 1. The number of nitrogens with zero attached hydrogens (tertiary/aromatic N) is 5. The zero-order valence-corrected chi connectivity index (χ0v) is 16.0. The number of guanidine groups is 1. The Labute approximate surface area is 165 Å². The Hall–Kier alpha value is -2.49. The van der Waals surface area contributed by atoms with Gasteiger partial charge in [-0.2, -0.15) is 13.2 Å². The molecule has 0 saturated carbocycles. The van der Waals surface area contributed by atoms with Gasteiger partial charge < -0.3 is 20.1 Å². The van der Waals surface area contributed by atoms with Crippen molar-refractivity contribution in [3.05, 3.63) is 41.6 Å². The highest BCUT2D eigenvalue weighted by atomic mass is 35.5. The zero-order chi connectivity index (χ0) is 20.1. The summed E-state index contributed by atoms with van der Waals surface area (Å²) in [6.07, 6.45) is 2.50. The average Bonchev–Trinajstić information content (AvgIpc) is 3.32. The largest absolute Gasteiger partial charge is 0.417 e. The molecular formula is C17H21ClF3N7. The van der Waals surface area contributed by atoms with Crippen LogP contribution in [0.2, 0.25) is 5.02 Å². The van der Waals surface area contributed by atoms with Gasteiger partial charge in [-0.05, 0) is 12.5 Å². The van der Waals surface area contributed by atoms with Crippen LogP contribution in [0.3, 0.4) is 0 Å². The molecule has 0 spiro atoms. The van der Waals surface area contributed by atoms with Crippen LogP contribution in [0.15, 0.2) is 36.0 Å². The molecule has 0 radical (unpaired) electrons. The van der Waals surface area contributed by atoms with E-state index in [9.17, 15) is 13.2 Å². The third-order valence-corrected chi connectivity index (χ3v) is 4.70. The van der Waals surface area contributed by atoms with Crippen molar-refractivity contribution in [2.45, 2.75) is 25.2 Å². The van der Waals surface area contributed by atoms with Crippen molar-refractivity contribution in [2.24, 2.45) is 4.99 Å². The second-order valence-electron chi connectivity index (χ2n) is 6.40. The number of alkyl halides is 3. The first-order valence-electron chi connectivity index (χ1n) is 8.77. The summed E-state index contributed by atoms with van der Waals surface area (Å²) < 4.78 is 40.3. The molecule has 1 aliphatic rings. The number of aromatic nitrogens is 3. The van der Waals surface area contributed by atoms with Gasteiger partial charge in [-0.1, -0.05) is 11.6 Å². The normalized spacial score (nSPS) is 17.8. The molecule has 0 bridgehead atoms. The van der Waals surface area contributed by atoms with Gasteiger partial charge >= 0.3 is 6.18 Å². The highest BCUT2D eigenvalue weighted by Gasteiger charge is 2.33. The van der Waals surface area contributed by atoms with Crippen molar-refractivity contribution in [3.8, 4) is 0 Å². The molecule has 1 fully saturated rings. The summed E-state index contributed by atoms with van der Waals surface area (Å²) in [5.74, 6) is 1.03. The lowest BCUT2D eigenvalue weighted by Crippen LogP contribution is -2.45. The highest BCUT2D eigenvalue weighted by Crippen LogP contribution is 2.34. The van der Waals surface area contributed by atoms with E-state index in [2.05, 4.69) is 25.6 Å². The molecule has 11 heteroatoms. The molecule has 1 unspecified atom stereocenters. The van der Waals surface area contributed by atoms with E-state index < -0.39 is 11.7 Å². The maximum absolute atomic E-state index is 12.8. The smallest absolute Gasteiger partial charge is 0.355 e. The molecule has 0 aromatic carbocycles. The van der Waals surface area contributed by atoms with Crippen LogP contribution in [-0.2, 0) is 12.7 Å². The number of imidazole rings is 1. The lowest BCUT2D eigenvalue weighted by molar-refractivity contribution is -0.137. The lowest BCUT2D eigenvalue weighted by atomic mass is 10.2. The second-order valence-corrected chi connectivity index (χ2v) is 6.81. The number of halogens is 4. The predicted octanol–water partition coefficient (Wildman–Crippen LogP) is 2.39. The summed E-state index contributed by atoms with van der Waals surface area (Å²) in [5.41, 5.74) is -0.849. The van der Waals surface area contributed by atoms with Gasteiger partial charge in [0.1, 0.15) is 5.82 Å². The topological polar surface area (TPSA) is 70.4 Å². The molecule has 28 heavy (non-hydrogen) atoms. The molecular weight excluding hydrogens is 395 g/mol. The number of nitrogens with one attached hydrogen (secondary N) is 2. The minimum Gasteiger partial charge on any atom is -0.355 e. The molecule has 3 rings (SSSR count). The van der Waals surface area contributed by atoms with Crippen LogP contribution in [-0.4, -0.2) is 53.2 Å². The summed E-state index contributed by atoms with van der Waals surface area (Å²) >= 11 is 6.05. The third kappa shape index (κ3) is 5.06. The van der Waals surface area contributed by atoms with Crippen LogP contribution in [0, 0.1) is 0 Å². The first-order chi connectivity index (χ1) is 13.4. The quantitative estimate of drug-likeness (QED) is 0.579. The summed E-state index contributed by atoms with van der Waals surface area (Å²) in [7, 11) is 1.69. The fourth-order valence-corrected chi connectivity index (χ4v) is 3.29. The Morgan fingerprint density at radius 3 is 2.89 bits per heavy atom. The van der Waals surface area contributed by atoms with Crippen molar-refractivity contribution >= 4 is 23.4 Å². The van der Waals surface area contributed by atoms with Gasteiger partial charge in [-0.15, -0.1) is 0 Å². The highest BCUT2D eigenvalue weighted by molar-refractivity contribution is 6.33. The van der Waals surface area contributed by atoms with Gasteiger partial charge in [0.25, 0.3) is 0 Å². The molecule has 2 aromatic heterocycles. The predicted molar refractivity (Wildman–Crippen MR) is 102 cm³/mol. The molecule has 3 heterocycles. The summed E-state index contributed by atoms with van der Waals surface area (Å²) in [5, 5.41) is 6.55. The second kappa shape index (κ2) is 8.68. The Balaban J connectivity index is 1.53. The number of anilines is 1. The van der Waals surface area contributed by atoms with E-state index in [1.165, 1.54) is 0 Å². The van der Waals surface area contributed by atoms with Gasteiger partial charge in [0.05, 0.1) is 16.9 Å². The first-order valence-corrected chi connectivity index (χ1v) is 9.15. The minimum atomic E-state index is -4.46. The number of rotatable bonds is 5.